The highest BCUT2D eigenvalue weighted by atomic mass is 79.9. The van der Waals surface area contributed by atoms with Crippen molar-refractivity contribution < 1.29 is 13.2 Å². The topological polar surface area (TPSA) is 66.5 Å². The van der Waals surface area contributed by atoms with Crippen LogP contribution < -0.4 is 5.32 Å². The van der Waals surface area contributed by atoms with Gasteiger partial charge in [-0.1, -0.05) is 28.1 Å². The van der Waals surface area contributed by atoms with Crippen molar-refractivity contribution in [3.63, 3.8) is 0 Å². The van der Waals surface area contributed by atoms with Crippen molar-refractivity contribution >= 4 is 31.9 Å². The Labute approximate surface area is 122 Å². The molecule has 1 aromatic carbocycles. The molecule has 0 aliphatic rings. The number of rotatable bonds is 5. The van der Waals surface area contributed by atoms with E-state index in [0.717, 1.165) is 20.6 Å². The fourth-order valence-electron chi connectivity index (χ4n) is 1.44. The van der Waals surface area contributed by atoms with E-state index in [1.54, 1.807) is 0 Å². The lowest BCUT2D eigenvalue weighted by atomic mass is 10.1. The van der Waals surface area contributed by atoms with Crippen LogP contribution in [0.1, 0.15) is 18.5 Å². The zero-order chi connectivity index (χ0) is 14.6. The van der Waals surface area contributed by atoms with E-state index in [1.807, 2.05) is 31.2 Å². The molecule has 1 unspecified atom stereocenters. The number of benzene rings is 1. The quantitative estimate of drug-likeness (QED) is 0.877. The van der Waals surface area contributed by atoms with E-state index in [0.29, 0.717) is 0 Å². The molecule has 106 valence electrons. The molecule has 1 atom stereocenters. The van der Waals surface area contributed by atoms with Gasteiger partial charge < -0.3 is 5.32 Å². The molecule has 1 N–H and O–H groups in total. The number of carbonyl (C=O) groups excluding carboxylic acids is 1. The molecule has 0 saturated carbocycles. The largest absolute Gasteiger partial charge is 0.348 e. The first-order valence-corrected chi connectivity index (χ1v) is 8.30. The van der Waals surface area contributed by atoms with Gasteiger partial charge in [0.25, 0.3) is 0 Å². The second kappa shape index (κ2) is 6.49. The lowest BCUT2D eigenvalue weighted by Crippen LogP contribution is -2.38. The summed E-state index contributed by atoms with van der Waals surface area (Å²) in [5.41, 5.74) is 0.957. The Morgan fingerprint density at radius 2 is 1.89 bits per heavy atom. The van der Waals surface area contributed by atoms with E-state index < -0.39 is 10.0 Å². The lowest BCUT2D eigenvalue weighted by Gasteiger charge is -2.17. The van der Waals surface area contributed by atoms with Crippen LogP contribution in [0.15, 0.2) is 28.7 Å². The zero-order valence-corrected chi connectivity index (χ0v) is 13.5. The molecule has 7 heteroatoms. The average molecular weight is 349 g/mol. The molecule has 0 saturated heterocycles. The van der Waals surface area contributed by atoms with Gasteiger partial charge in [0.2, 0.25) is 15.9 Å². The summed E-state index contributed by atoms with van der Waals surface area (Å²) in [4.78, 5) is 11.7. The lowest BCUT2D eigenvalue weighted by molar-refractivity contribution is -0.121. The van der Waals surface area contributed by atoms with Crippen molar-refractivity contribution in [3.8, 4) is 0 Å². The third-order valence-corrected chi connectivity index (χ3v) is 4.47. The van der Waals surface area contributed by atoms with Crippen molar-refractivity contribution in [2.24, 2.45) is 0 Å². The number of nitrogens with one attached hydrogen (secondary N) is 1. The van der Waals surface area contributed by atoms with Gasteiger partial charge in [0.1, 0.15) is 0 Å². The smallest absolute Gasteiger partial charge is 0.235 e. The summed E-state index contributed by atoms with van der Waals surface area (Å²) in [6, 6.07) is 7.40. The maximum absolute atomic E-state index is 11.7. The molecule has 0 fully saturated rings. The van der Waals surface area contributed by atoms with Crippen molar-refractivity contribution in [2.75, 3.05) is 19.8 Å². The van der Waals surface area contributed by atoms with Crippen molar-refractivity contribution in [2.45, 2.75) is 13.0 Å². The van der Waals surface area contributed by atoms with Gasteiger partial charge in [-0.15, -0.1) is 0 Å². The minimum Gasteiger partial charge on any atom is -0.348 e. The summed E-state index contributed by atoms with van der Waals surface area (Å²) in [5, 5.41) is 2.76. The highest BCUT2D eigenvalue weighted by molar-refractivity contribution is 9.10. The van der Waals surface area contributed by atoms with Gasteiger partial charge >= 0.3 is 0 Å². The summed E-state index contributed by atoms with van der Waals surface area (Å²) in [7, 11) is -1.96. The van der Waals surface area contributed by atoms with E-state index in [-0.39, 0.29) is 18.5 Å². The predicted octanol–water partition coefficient (Wildman–Crippen LogP) is 1.52. The minimum atomic E-state index is -3.34. The molecule has 0 heterocycles. The minimum absolute atomic E-state index is 0.173. The number of nitrogens with zero attached hydrogens (tertiary/aromatic N) is 1. The number of amides is 1. The summed E-state index contributed by atoms with van der Waals surface area (Å²) in [5.74, 6) is -0.330. The molecule has 0 aliphatic carbocycles. The van der Waals surface area contributed by atoms with E-state index >= 15 is 0 Å². The Hall–Kier alpha value is -0.920. The second-order valence-corrected chi connectivity index (χ2v) is 7.36. The molecular weight excluding hydrogens is 332 g/mol. The second-order valence-electron chi connectivity index (χ2n) is 4.36. The number of likely N-dealkylation sites (N-methyl/N-ethyl adjacent to an activating group) is 1. The Kier molecular flexibility index (Phi) is 5.51. The van der Waals surface area contributed by atoms with Crippen LogP contribution in [0.5, 0.6) is 0 Å². The first-order chi connectivity index (χ1) is 8.70. The monoisotopic (exact) mass is 348 g/mol. The predicted molar refractivity (Wildman–Crippen MR) is 78.2 cm³/mol. The Morgan fingerprint density at radius 3 is 2.37 bits per heavy atom. The van der Waals surface area contributed by atoms with Crippen molar-refractivity contribution in [1.82, 2.24) is 9.62 Å². The molecular formula is C12H17BrN2O3S. The maximum Gasteiger partial charge on any atom is 0.235 e. The number of hydrogen-bond acceptors (Lipinski definition) is 3. The highest BCUT2D eigenvalue weighted by Gasteiger charge is 2.16. The number of sulfonamides is 1. The maximum atomic E-state index is 11.7. The molecule has 0 aliphatic heterocycles. The summed E-state index contributed by atoms with van der Waals surface area (Å²) < 4.78 is 24.4. The molecule has 1 aromatic rings. The summed E-state index contributed by atoms with van der Waals surface area (Å²) in [6.07, 6.45) is 1.07. The van der Waals surface area contributed by atoms with Gasteiger partial charge in [-0.05, 0) is 24.6 Å². The first kappa shape index (κ1) is 16.1. The number of halogens is 1. The number of carbonyl (C=O) groups is 1. The molecule has 0 radical (unpaired) electrons. The van der Waals surface area contributed by atoms with Crippen LogP contribution in [0.4, 0.5) is 0 Å². The Balaban J connectivity index is 2.60. The molecule has 1 amide bonds. The van der Waals surface area contributed by atoms with Gasteiger partial charge in [-0.3, -0.25) is 4.79 Å². The molecule has 0 aromatic heterocycles. The van der Waals surface area contributed by atoms with Gasteiger partial charge in [0.15, 0.2) is 0 Å². The van der Waals surface area contributed by atoms with Crippen molar-refractivity contribution in [1.29, 1.82) is 0 Å². The Bertz CT molecular complexity index is 543. The van der Waals surface area contributed by atoms with E-state index in [4.69, 9.17) is 0 Å². The van der Waals surface area contributed by atoms with E-state index in [1.165, 1.54) is 7.05 Å². The number of hydrogen-bond donors (Lipinski definition) is 1. The fraction of sp³-hybridized carbons (Fsp3) is 0.417. The van der Waals surface area contributed by atoms with Crippen LogP contribution in [-0.4, -0.2) is 38.5 Å². The summed E-state index contributed by atoms with van der Waals surface area (Å²) in [6.45, 7) is 1.67. The van der Waals surface area contributed by atoms with Crippen LogP contribution in [0.3, 0.4) is 0 Å². The highest BCUT2D eigenvalue weighted by Crippen LogP contribution is 2.16. The van der Waals surface area contributed by atoms with E-state index in [2.05, 4.69) is 21.2 Å². The molecule has 1 rings (SSSR count). The molecule has 0 spiro atoms. The third-order valence-electron chi connectivity index (χ3n) is 2.68. The Morgan fingerprint density at radius 1 is 1.37 bits per heavy atom. The van der Waals surface area contributed by atoms with Gasteiger partial charge in [-0.2, -0.15) is 4.31 Å². The van der Waals surface area contributed by atoms with Crippen LogP contribution in [0.25, 0.3) is 0 Å². The average Bonchev–Trinajstić information content (AvgIpc) is 2.28. The fourth-order valence-corrected chi connectivity index (χ4v) is 2.06. The molecule has 0 bridgehead atoms. The van der Waals surface area contributed by atoms with Crippen molar-refractivity contribution in [3.05, 3.63) is 34.3 Å². The zero-order valence-electron chi connectivity index (χ0n) is 11.1. The van der Waals surface area contributed by atoms with Crippen LogP contribution in [0.2, 0.25) is 0 Å². The third kappa shape index (κ3) is 5.30. The van der Waals surface area contributed by atoms with E-state index in [9.17, 15) is 13.2 Å². The van der Waals surface area contributed by atoms with Crippen LogP contribution >= 0.6 is 15.9 Å². The standard InChI is InChI=1S/C12H17BrN2O3S/c1-9(10-4-6-11(13)7-5-10)14-12(16)8-15(2)19(3,17)18/h4-7,9H,8H2,1-3H3,(H,14,16). The first-order valence-electron chi connectivity index (χ1n) is 5.66. The molecule has 19 heavy (non-hydrogen) atoms. The van der Waals surface area contributed by atoms with Gasteiger partial charge in [0, 0.05) is 11.5 Å². The SMILES string of the molecule is CC(NC(=O)CN(C)S(C)(=O)=O)c1ccc(Br)cc1. The van der Waals surface area contributed by atoms with Crippen LogP contribution in [-0.2, 0) is 14.8 Å². The normalized spacial score (nSPS) is 13.3. The van der Waals surface area contributed by atoms with Crippen LogP contribution in [0, 0.1) is 0 Å². The van der Waals surface area contributed by atoms with Gasteiger partial charge in [-0.25, -0.2) is 8.42 Å². The summed E-state index contributed by atoms with van der Waals surface area (Å²) >= 11 is 3.34. The molecule has 5 nitrogen and oxygen atoms in total. The van der Waals surface area contributed by atoms with Gasteiger partial charge in [0.05, 0.1) is 18.8 Å².